The van der Waals surface area contributed by atoms with Crippen molar-refractivity contribution in [3.8, 4) is 33.4 Å². The predicted octanol–water partition coefficient (Wildman–Crippen LogP) is 10.2. The molecule has 1 aliphatic rings. The van der Waals surface area contributed by atoms with Gasteiger partial charge >= 0.3 is 12.1 Å². The molecule has 0 unspecified atom stereocenters. The minimum atomic E-state index is -0.955. The molecule has 0 saturated carbocycles. The smallest absolute Gasteiger partial charge is 0.407 e. The fraction of sp³-hybridized carbons (Fsp3) is 0.0732. The van der Waals surface area contributed by atoms with Gasteiger partial charge in [0.2, 0.25) is 0 Å². The summed E-state index contributed by atoms with van der Waals surface area (Å²) in [5.41, 5.74) is 11.1. The maximum atomic E-state index is 12.7. The highest BCUT2D eigenvalue weighted by Gasteiger charge is 2.29. The van der Waals surface area contributed by atoms with Crippen molar-refractivity contribution < 1.29 is 19.4 Å². The maximum absolute atomic E-state index is 12.7. The van der Waals surface area contributed by atoms with Gasteiger partial charge in [-0.25, -0.2) is 9.59 Å². The monoisotopic (exact) mass is 629 g/mol. The van der Waals surface area contributed by atoms with Crippen LogP contribution in [-0.4, -0.2) is 23.8 Å². The SMILES string of the molecule is O=C(NCc1cccc(-c2cccc(N=Nc3cccc(-c4ccc(C(=O)O)cc4)c3)c2)c1)OCC1c2ccccc2-c2ccccc21. The van der Waals surface area contributed by atoms with Crippen LogP contribution in [0.15, 0.2) is 156 Å². The fourth-order valence-electron chi connectivity index (χ4n) is 6.10. The van der Waals surface area contributed by atoms with E-state index in [0.717, 1.165) is 27.8 Å². The van der Waals surface area contributed by atoms with Gasteiger partial charge in [-0.1, -0.05) is 103 Å². The number of rotatable bonds is 9. The number of carboxylic acid groups (broad SMARTS) is 1. The van der Waals surface area contributed by atoms with Gasteiger partial charge < -0.3 is 15.2 Å². The van der Waals surface area contributed by atoms with Crippen molar-refractivity contribution in [1.29, 1.82) is 0 Å². The summed E-state index contributed by atoms with van der Waals surface area (Å²) in [6, 6.07) is 46.7. The third-order valence-electron chi connectivity index (χ3n) is 8.48. The number of carboxylic acids is 1. The predicted molar refractivity (Wildman–Crippen MR) is 187 cm³/mol. The van der Waals surface area contributed by atoms with Gasteiger partial charge in [-0.2, -0.15) is 10.2 Å². The van der Waals surface area contributed by atoms with E-state index < -0.39 is 12.1 Å². The van der Waals surface area contributed by atoms with Gasteiger partial charge in [0.1, 0.15) is 6.61 Å². The Morgan fingerprint density at radius 2 is 1.15 bits per heavy atom. The molecule has 7 nitrogen and oxygen atoms in total. The van der Waals surface area contributed by atoms with Gasteiger partial charge in [-0.15, -0.1) is 0 Å². The van der Waals surface area contributed by atoms with E-state index >= 15 is 0 Å². The molecule has 48 heavy (non-hydrogen) atoms. The summed E-state index contributed by atoms with van der Waals surface area (Å²) in [4.78, 5) is 23.9. The molecular weight excluding hydrogens is 598 g/mol. The highest BCUT2D eigenvalue weighted by molar-refractivity contribution is 5.88. The molecule has 0 spiro atoms. The van der Waals surface area contributed by atoms with Gasteiger partial charge in [0, 0.05) is 12.5 Å². The van der Waals surface area contributed by atoms with Crippen molar-refractivity contribution in [2.24, 2.45) is 10.2 Å². The lowest BCUT2D eigenvalue weighted by molar-refractivity contribution is 0.0696. The summed E-state index contributed by atoms with van der Waals surface area (Å²) in [6.45, 7) is 0.602. The zero-order chi connectivity index (χ0) is 32.9. The van der Waals surface area contributed by atoms with E-state index in [9.17, 15) is 9.59 Å². The van der Waals surface area contributed by atoms with Crippen LogP contribution in [0.5, 0.6) is 0 Å². The van der Waals surface area contributed by atoms with Crippen LogP contribution in [0, 0.1) is 0 Å². The van der Waals surface area contributed by atoms with Crippen LogP contribution >= 0.6 is 0 Å². The van der Waals surface area contributed by atoms with Crippen LogP contribution in [0.1, 0.15) is 33.0 Å². The Hall–Kier alpha value is -6.34. The molecule has 1 amide bonds. The molecule has 0 atom stereocenters. The molecule has 7 heteroatoms. The molecule has 1 aliphatic carbocycles. The molecule has 0 aliphatic heterocycles. The molecule has 2 N–H and O–H groups in total. The molecule has 6 aromatic carbocycles. The number of alkyl carbamates (subject to hydrolysis) is 1. The van der Waals surface area contributed by atoms with Crippen LogP contribution in [0.2, 0.25) is 0 Å². The lowest BCUT2D eigenvalue weighted by Crippen LogP contribution is -2.25. The fourth-order valence-corrected chi connectivity index (χ4v) is 6.10. The molecule has 0 radical (unpaired) electrons. The second-order valence-corrected chi connectivity index (χ2v) is 11.6. The van der Waals surface area contributed by atoms with Crippen molar-refractivity contribution in [3.63, 3.8) is 0 Å². The summed E-state index contributed by atoms with van der Waals surface area (Å²) in [7, 11) is 0. The summed E-state index contributed by atoms with van der Waals surface area (Å²) < 4.78 is 5.71. The largest absolute Gasteiger partial charge is 0.478 e. The standard InChI is InChI=1S/C41H31N3O4/c45-40(46)29-20-18-28(19-21-29)31-10-6-12-33(23-31)43-44-34-13-7-11-32(24-34)30-9-5-8-27(22-30)25-42-41(47)48-26-39-37-16-3-1-14-35(37)36-15-2-4-17-38(36)39/h1-24,39H,25-26H2,(H,42,47)(H,45,46). The number of fused-ring (bicyclic) bond motifs is 3. The average Bonchev–Trinajstić information content (AvgIpc) is 3.46. The van der Waals surface area contributed by atoms with Gasteiger partial charge in [0.05, 0.1) is 16.9 Å². The quantitative estimate of drug-likeness (QED) is 0.155. The number of amides is 1. The molecule has 0 fully saturated rings. The average molecular weight is 630 g/mol. The number of azo groups is 1. The van der Waals surface area contributed by atoms with Gasteiger partial charge in [0.15, 0.2) is 0 Å². The second-order valence-electron chi connectivity index (χ2n) is 11.6. The Balaban J connectivity index is 0.979. The van der Waals surface area contributed by atoms with E-state index in [1.165, 1.54) is 22.3 Å². The number of carbonyl (C=O) groups excluding carboxylic acids is 1. The summed E-state index contributed by atoms with van der Waals surface area (Å²) in [6.07, 6.45) is -0.453. The summed E-state index contributed by atoms with van der Waals surface area (Å²) in [5.74, 6) is -0.944. The zero-order valence-electron chi connectivity index (χ0n) is 25.9. The first-order valence-corrected chi connectivity index (χ1v) is 15.7. The molecule has 0 aromatic heterocycles. The van der Waals surface area contributed by atoms with Crippen LogP contribution in [0.25, 0.3) is 33.4 Å². The molecule has 0 heterocycles. The lowest BCUT2D eigenvalue weighted by Gasteiger charge is -2.15. The Morgan fingerprint density at radius 1 is 0.604 bits per heavy atom. The van der Waals surface area contributed by atoms with Crippen molar-refractivity contribution in [2.75, 3.05) is 6.61 Å². The van der Waals surface area contributed by atoms with Crippen LogP contribution in [0.4, 0.5) is 16.2 Å². The van der Waals surface area contributed by atoms with Gasteiger partial charge in [-0.3, -0.25) is 0 Å². The van der Waals surface area contributed by atoms with E-state index in [4.69, 9.17) is 9.84 Å². The molecular formula is C41H31N3O4. The maximum Gasteiger partial charge on any atom is 0.407 e. The summed E-state index contributed by atoms with van der Waals surface area (Å²) >= 11 is 0. The normalized spacial score (nSPS) is 12.0. The minimum Gasteiger partial charge on any atom is -0.478 e. The summed E-state index contributed by atoms with van der Waals surface area (Å²) in [5, 5.41) is 21.0. The molecule has 0 saturated heterocycles. The van der Waals surface area contributed by atoms with Crippen molar-refractivity contribution in [3.05, 3.63) is 168 Å². The highest BCUT2D eigenvalue weighted by Crippen LogP contribution is 2.44. The van der Waals surface area contributed by atoms with E-state index in [2.05, 4.69) is 39.8 Å². The van der Waals surface area contributed by atoms with Crippen molar-refractivity contribution >= 4 is 23.4 Å². The van der Waals surface area contributed by atoms with E-state index in [-0.39, 0.29) is 18.1 Å². The number of aromatic carboxylic acids is 1. The molecule has 6 aromatic rings. The minimum absolute atomic E-state index is 0.0117. The number of hydrogen-bond donors (Lipinski definition) is 2. The van der Waals surface area contributed by atoms with Crippen molar-refractivity contribution in [2.45, 2.75) is 12.5 Å². The Labute approximate surface area is 278 Å². The van der Waals surface area contributed by atoms with E-state index in [0.29, 0.717) is 17.9 Å². The van der Waals surface area contributed by atoms with Crippen LogP contribution < -0.4 is 5.32 Å². The number of nitrogens with one attached hydrogen (secondary N) is 1. The van der Waals surface area contributed by atoms with Crippen molar-refractivity contribution in [1.82, 2.24) is 5.32 Å². The number of carbonyl (C=O) groups is 2. The lowest BCUT2D eigenvalue weighted by atomic mass is 9.98. The van der Waals surface area contributed by atoms with Gasteiger partial charge in [-0.05, 0) is 92.5 Å². The topological polar surface area (TPSA) is 100 Å². The number of ether oxygens (including phenoxy) is 1. The second kappa shape index (κ2) is 13.6. The first kappa shape index (κ1) is 30.3. The first-order valence-electron chi connectivity index (χ1n) is 15.7. The number of nitrogens with zero attached hydrogens (tertiary/aromatic N) is 2. The molecule has 0 bridgehead atoms. The number of benzene rings is 6. The van der Waals surface area contributed by atoms with Crippen LogP contribution in [0.3, 0.4) is 0 Å². The van der Waals surface area contributed by atoms with E-state index in [1.807, 2.05) is 97.1 Å². The number of hydrogen-bond acceptors (Lipinski definition) is 5. The Bertz CT molecular complexity index is 2110. The third kappa shape index (κ3) is 6.62. The van der Waals surface area contributed by atoms with Gasteiger partial charge in [0.25, 0.3) is 0 Å². The molecule has 7 rings (SSSR count). The highest BCUT2D eigenvalue weighted by atomic mass is 16.5. The zero-order valence-corrected chi connectivity index (χ0v) is 25.9. The van der Waals surface area contributed by atoms with E-state index in [1.54, 1.807) is 24.3 Å². The first-order chi connectivity index (χ1) is 23.5. The third-order valence-corrected chi connectivity index (χ3v) is 8.48. The Kier molecular flexibility index (Phi) is 8.57. The molecule has 234 valence electrons. The Morgan fingerprint density at radius 3 is 1.75 bits per heavy atom. The van der Waals surface area contributed by atoms with Crippen LogP contribution in [-0.2, 0) is 11.3 Å².